The lowest BCUT2D eigenvalue weighted by Crippen LogP contribution is -2.46. The fraction of sp³-hybridized carbons (Fsp3) is 0.357. The number of imide groups is 1. The van der Waals surface area contributed by atoms with Gasteiger partial charge in [-0.2, -0.15) is 0 Å². The zero-order valence-corrected chi connectivity index (χ0v) is 21.1. The molecule has 1 atom stereocenters. The summed E-state index contributed by atoms with van der Waals surface area (Å²) in [6.45, 7) is 2.16. The van der Waals surface area contributed by atoms with Crippen LogP contribution in [0.2, 0.25) is 0 Å². The number of hydrogen-bond acceptors (Lipinski definition) is 7. The summed E-state index contributed by atoms with van der Waals surface area (Å²) in [6.07, 6.45) is 6.64. The van der Waals surface area contributed by atoms with Gasteiger partial charge in [-0.1, -0.05) is 11.6 Å². The molecule has 1 aliphatic carbocycles. The van der Waals surface area contributed by atoms with Crippen molar-refractivity contribution in [3.8, 4) is 0 Å². The lowest BCUT2D eigenvalue weighted by Gasteiger charge is -2.28. The molecule has 0 spiro atoms. The van der Waals surface area contributed by atoms with Crippen molar-refractivity contribution in [2.24, 2.45) is 0 Å². The number of amides is 3. The van der Waals surface area contributed by atoms with Gasteiger partial charge in [0.05, 0.1) is 29.2 Å². The van der Waals surface area contributed by atoms with E-state index in [0.717, 1.165) is 30.6 Å². The van der Waals surface area contributed by atoms with Crippen LogP contribution in [0.15, 0.2) is 60.2 Å². The molecule has 0 bridgehead atoms. The number of hydrogen-bond donors (Lipinski definition) is 0. The van der Waals surface area contributed by atoms with E-state index in [4.69, 9.17) is 4.74 Å². The molecule has 2 aliphatic rings. The fourth-order valence-electron chi connectivity index (χ4n) is 4.78. The fourth-order valence-corrected chi connectivity index (χ4v) is 4.78. The number of non-ortho nitro benzene ring substituents is 1. The first kappa shape index (κ1) is 26.7. The normalized spacial score (nSPS) is 17.2. The van der Waals surface area contributed by atoms with E-state index in [-0.39, 0.29) is 30.8 Å². The van der Waals surface area contributed by atoms with Crippen molar-refractivity contribution in [2.45, 2.75) is 51.5 Å². The van der Waals surface area contributed by atoms with Gasteiger partial charge in [-0.05, 0) is 75.4 Å². The highest BCUT2D eigenvalue weighted by atomic mass is 16.6. The number of nitro benzene ring substituents is 1. The molecule has 1 heterocycles. The van der Waals surface area contributed by atoms with Crippen LogP contribution in [0.1, 0.15) is 66.2 Å². The van der Waals surface area contributed by atoms with E-state index >= 15 is 0 Å². The van der Waals surface area contributed by atoms with E-state index < -0.39 is 34.7 Å². The Morgan fingerprint density at radius 2 is 1.74 bits per heavy atom. The zero-order valence-electron chi connectivity index (χ0n) is 21.1. The number of esters is 1. The topological polar surface area (TPSA) is 127 Å². The van der Waals surface area contributed by atoms with Crippen LogP contribution in [0.5, 0.6) is 0 Å². The average molecular weight is 520 g/mol. The van der Waals surface area contributed by atoms with Crippen molar-refractivity contribution < 1.29 is 28.8 Å². The summed E-state index contributed by atoms with van der Waals surface area (Å²) in [4.78, 5) is 65.0. The second-order valence-corrected chi connectivity index (χ2v) is 9.22. The van der Waals surface area contributed by atoms with E-state index in [9.17, 15) is 29.3 Å². The maximum Gasteiger partial charge on any atom is 0.338 e. The maximum absolute atomic E-state index is 13.6. The van der Waals surface area contributed by atoms with Gasteiger partial charge in [-0.25, -0.2) is 9.69 Å². The standard InChI is InChI=1S/C28H29N3O7/c1-2-38-28(35)21-10-12-22(13-11-21)30-25(32)18-24(27(30)34)29(17-16-19-6-4-3-5-7-19)26(33)20-8-14-23(15-9-20)31(36)37/h6,8-15,24H,2-5,7,16-18H2,1H3. The smallest absolute Gasteiger partial charge is 0.338 e. The molecule has 0 N–H and O–H groups in total. The lowest BCUT2D eigenvalue weighted by molar-refractivity contribution is -0.384. The Morgan fingerprint density at radius 3 is 2.34 bits per heavy atom. The van der Waals surface area contributed by atoms with Gasteiger partial charge in [-0.15, -0.1) is 0 Å². The number of nitrogens with zero attached hydrogens (tertiary/aromatic N) is 3. The van der Waals surface area contributed by atoms with E-state index in [1.165, 1.54) is 59.0 Å². The molecule has 4 rings (SSSR count). The minimum Gasteiger partial charge on any atom is -0.462 e. The molecule has 3 amide bonds. The SMILES string of the molecule is CCOC(=O)c1ccc(N2C(=O)CC(N(CCC3=CCCCC3)C(=O)c3ccc([N+](=O)[O-])cc3)C2=O)cc1. The summed E-state index contributed by atoms with van der Waals surface area (Å²) >= 11 is 0. The molecule has 0 aromatic heterocycles. The van der Waals surface area contributed by atoms with Gasteiger partial charge in [0.15, 0.2) is 0 Å². The van der Waals surface area contributed by atoms with E-state index in [2.05, 4.69) is 6.08 Å². The Bertz CT molecular complexity index is 1270. The van der Waals surface area contributed by atoms with Crippen LogP contribution in [-0.4, -0.2) is 52.7 Å². The Kier molecular flexibility index (Phi) is 8.30. The molecule has 10 heteroatoms. The maximum atomic E-state index is 13.6. The minimum atomic E-state index is -1.01. The second-order valence-electron chi connectivity index (χ2n) is 9.22. The van der Waals surface area contributed by atoms with Gasteiger partial charge in [0, 0.05) is 24.2 Å². The lowest BCUT2D eigenvalue weighted by atomic mass is 9.96. The predicted octanol–water partition coefficient (Wildman–Crippen LogP) is 4.44. The quantitative estimate of drug-likeness (QED) is 0.158. The molecule has 0 saturated carbocycles. The number of carbonyl (C=O) groups is 4. The van der Waals surface area contributed by atoms with E-state index in [1.807, 2.05) is 0 Å². The Morgan fingerprint density at radius 1 is 1.05 bits per heavy atom. The van der Waals surface area contributed by atoms with Crippen molar-refractivity contribution in [1.29, 1.82) is 0 Å². The average Bonchev–Trinajstić information content (AvgIpc) is 3.22. The summed E-state index contributed by atoms with van der Waals surface area (Å²) < 4.78 is 4.98. The number of rotatable bonds is 9. The first-order chi connectivity index (χ1) is 18.3. The molecule has 1 aliphatic heterocycles. The molecule has 1 fully saturated rings. The van der Waals surface area contributed by atoms with Gasteiger partial charge in [0.25, 0.3) is 17.5 Å². The second kappa shape index (κ2) is 11.8. The highest BCUT2D eigenvalue weighted by molar-refractivity contribution is 6.23. The van der Waals surface area contributed by atoms with E-state index in [0.29, 0.717) is 17.7 Å². The monoisotopic (exact) mass is 519 g/mol. The Hall–Kier alpha value is -4.34. The summed E-state index contributed by atoms with van der Waals surface area (Å²) in [5, 5.41) is 11.0. The Labute approximate surface area is 220 Å². The summed E-state index contributed by atoms with van der Waals surface area (Å²) in [7, 11) is 0. The third-order valence-corrected chi connectivity index (χ3v) is 6.78. The molecule has 0 radical (unpaired) electrons. The van der Waals surface area contributed by atoms with Crippen LogP contribution < -0.4 is 4.90 Å². The molecule has 38 heavy (non-hydrogen) atoms. The van der Waals surface area contributed by atoms with Gasteiger partial charge >= 0.3 is 5.97 Å². The van der Waals surface area contributed by atoms with Gasteiger partial charge in [0.2, 0.25) is 5.91 Å². The van der Waals surface area contributed by atoms with Gasteiger partial charge < -0.3 is 9.64 Å². The van der Waals surface area contributed by atoms with Crippen molar-refractivity contribution >= 4 is 35.1 Å². The largest absolute Gasteiger partial charge is 0.462 e. The third-order valence-electron chi connectivity index (χ3n) is 6.78. The van der Waals surface area contributed by atoms with Crippen LogP contribution in [0, 0.1) is 10.1 Å². The third kappa shape index (κ3) is 5.80. The molecular weight excluding hydrogens is 490 g/mol. The van der Waals surface area contributed by atoms with Crippen molar-refractivity contribution in [3.05, 3.63) is 81.4 Å². The summed E-state index contributed by atoms with van der Waals surface area (Å²) in [6, 6.07) is 10.2. The van der Waals surface area contributed by atoms with Crippen LogP contribution in [0.3, 0.4) is 0 Å². The molecule has 10 nitrogen and oxygen atoms in total. The predicted molar refractivity (Wildman–Crippen MR) is 139 cm³/mol. The number of anilines is 1. The first-order valence-electron chi connectivity index (χ1n) is 12.7. The van der Waals surface area contributed by atoms with Crippen molar-refractivity contribution in [2.75, 3.05) is 18.1 Å². The molecule has 1 saturated heterocycles. The molecule has 2 aromatic carbocycles. The highest BCUT2D eigenvalue weighted by Crippen LogP contribution is 2.29. The Balaban J connectivity index is 1.59. The first-order valence-corrected chi connectivity index (χ1v) is 12.7. The van der Waals surface area contributed by atoms with Crippen LogP contribution >= 0.6 is 0 Å². The van der Waals surface area contributed by atoms with Crippen LogP contribution in [-0.2, 0) is 14.3 Å². The van der Waals surface area contributed by atoms with Crippen molar-refractivity contribution in [3.63, 3.8) is 0 Å². The van der Waals surface area contributed by atoms with Crippen molar-refractivity contribution in [1.82, 2.24) is 4.90 Å². The zero-order chi connectivity index (χ0) is 27.2. The molecule has 1 unspecified atom stereocenters. The number of ether oxygens (including phenoxy) is 1. The minimum absolute atomic E-state index is 0.148. The highest BCUT2D eigenvalue weighted by Gasteiger charge is 2.44. The van der Waals surface area contributed by atoms with Crippen LogP contribution in [0.4, 0.5) is 11.4 Å². The molecule has 198 valence electrons. The summed E-state index contributed by atoms with van der Waals surface area (Å²) in [5.41, 5.74) is 1.85. The molecule has 2 aromatic rings. The summed E-state index contributed by atoms with van der Waals surface area (Å²) in [5.74, 6) is -1.97. The van der Waals surface area contributed by atoms with E-state index in [1.54, 1.807) is 6.92 Å². The van der Waals surface area contributed by atoms with Gasteiger partial charge in [-0.3, -0.25) is 24.5 Å². The number of nitro groups is 1. The number of benzene rings is 2. The van der Waals surface area contributed by atoms with Crippen LogP contribution in [0.25, 0.3) is 0 Å². The number of allylic oxidation sites excluding steroid dienone is 1. The van der Waals surface area contributed by atoms with Gasteiger partial charge in [0.1, 0.15) is 6.04 Å². The number of carbonyl (C=O) groups excluding carboxylic acids is 4. The molecular formula is C28H29N3O7.